The maximum absolute atomic E-state index is 13.7. The molecule has 1 aliphatic rings. The zero-order valence-corrected chi connectivity index (χ0v) is 23.0. The van der Waals surface area contributed by atoms with E-state index in [9.17, 15) is 18.0 Å². The van der Waals surface area contributed by atoms with Gasteiger partial charge in [-0.3, -0.25) is 13.9 Å². The van der Waals surface area contributed by atoms with Crippen LogP contribution in [-0.2, 0) is 26.2 Å². The fourth-order valence-corrected chi connectivity index (χ4v) is 5.55. The summed E-state index contributed by atoms with van der Waals surface area (Å²) in [5, 5.41) is 3.47. The van der Waals surface area contributed by atoms with Gasteiger partial charge in [-0.15, -0.1) is 0 Å². The van der Waals surface area contributed by atoms with Gasteiger partial charge in [0.15, 0.2) is 0 Å². The van der Waals surface area contributed by atoms with Crippen LogP contribution in [0.5, 0.6) is 0 Å². The average Bonchev–Trinajstić information content (AvgIpc) is 2.83. The molecule has 196 valence electrons. The highest BCUT2D eigenvalue weighted by Gasteiger charge is 2.31. The lowest BCUT2D eigenvalue weighted by atomic mass is 9.95. The molecule has 36 heavy (non-hydrogen) atoms. The van der Waals surface area contributed by atoms with Gasteiger partial charge in [-0.25, -0.2) is 8.42 Å². The molecule has 1 fully saturated rings. The van der Waals surface area contributed by atoms with E-state index in [4.69, 9.17) is 11.6 Å². The van der Waals surface area contributed by atoms with Crippen LogP contribution in [0.1, 0.15) is 55.7 Å². The molecular weight excluding hydrogens is 498 g/mol. The number of rotatable bonds is 9. The van der Waals surface area contributed by atoms with Crippen molar-refractivity contribution in [2.24, 2.45) is 0 Å². The third-order valence-corrected chi connectivity index (χ3v) is 8.07. The number of nitrogens with one attached hydrogen (secondary N) is 1. The summed E-state index contributed by atoms with van der Waals surface area (Å²) in [7, 11) is -3.81. The molecule has 9 heteroatoms. The SMILES string of the molecule is Cc1ccc(CN(C(=O)CN(c2cc(Cl)ccc2C)S(C)(=O)=O)C(C)C(=O)NC2CCCCC2)cc1. The average molecular weight is 534 g/mol. The van der Waals surface area contributed by atoms with Crippen molar-refractivity contribution in [2.45, 2.75) is 71.5 Å². The number of hydrogen-bond acceptors (Lipinski definition) is 4. The van der Waals surface area contributed by atoms with Crippen molar-refractivity contribution in [2.75, 3.05) is 17.1 Å². The van der Waals surface area contributed by atoms with Crippen molar-refractivity contribution in [1.82, 2.24) is 10.2 Å². The highest BCUT2D eigenvalue weighted by molar-refractivity contribution is 7.92. The summed E-state index contributed by atoms with van der Waals surface area (Å²) in [5.74, 6) is -0.695. The van der Waals surface area contributed by atoms with E-state index in [2.05, 4.69) is 5.32 Å². The minimum absolute atomic E-state index is 0.103. The largest absolute Gasteiger partial charge is 0.352 e. The van der Waals surface area contributed by atoms with E-state index in [1.54, 1.807) is 26.0 Å². The van der Waals surface area contributed by atoms with Gasteiger partial charge in [0.05, 0.1) is 11.9 Å². The quantitative estimate of drug-likeness (QED) is 0.511. The molecule has 2 aromatic rings. The Labute approximate surface area is 219 Å². The van der Waals surface area contributed by atoms with E-state index < -0.39 is 28.5 Å². The number of nitrogens with zero attached hydrogens (tertiary/aromatic N) is 2. The summed E-state index contributed by atoms with van der Waals surface area (Å²) in [6.07, 6.45) is 6.25. The lowest BCUT2D eigenvalue weighted by Crippen LogP contribution is -2.53. The first-order valence-corrected chi connectivity index (χ1v) is 14.6. The Morgan fingerprint density at radius 2 is 1.69 bits per heavy atom. The minimum atomic E-state index is -3.81. The third-order valence-electron chi connectivity index (χ3n) is 6.71. The predicted molar refractivity (Wildman–Crippen MR) is 145 cm³/mol. The van der Waals surface area contributed by atoms with Crippen molar-refractivity contribution in [3.05, 3.63) is 64.2 Å². The highest BCUT2D eigenvalue weighted by Crippen LogP contribution is 2.27. The standard InChI is InChI=1S/C27H36ClN3O4S/c1-19-10-13-22(14-11-19)17-30(21(3)27(33)29-24-8-6-5-7-9-24)26(32)18-31(36(4,34)35)25-16-23(28)15-12-20(25)2/h10-16,21,24H,5-9,17-18H2,1-4H3,(H,29,33). The number of hydrogen-bond donors (Lipinski definition) is 1. The molecule has 1 unspecified atom stereocenters. The van der Waals surface area contributed by atoms with Gasteiger partial charge >= 0.3 is 0 Å². The molecule has 0 spiro atoms. The summed E-state index contributed by atoms with van der Waals surface area (Å²) >= 11 is 6.14. The van der Waals surface area contributed by atoms with Crippen LogP contribution in [0.3, 0.4) is 0 Å². The Balaban J connectivity index is 1.89. The van der Waals surface area contributed by atoms with E-state index >= 15 is 0 Å². The molecule has 1 atom stereocenters. The maximum atomic E-state index is 13.7. The Kier molecular flexibility index (Phi) is 9.41. The van der Waals surface area contributed by atoms with Gasteiger partial charge in [-0.1, -0.05) is 66.8 Å². The van der Waals surface area contributed by atoms with E-state index in [0.29, 0.717) is 16.3 Å². The van der Waals surface area contributed by atoms with E-state index in [1.165, 1.54) is 17.4 Å². The number of amides is 2. The second-order valence-electron chi connectivity index (χ2n) is 9.73. The van der Waals surface area contributed by atoms with Crippen LogP contribution in [0.25, 0.3) is 0 Å². The molecule has 1 saturated carbocycles. The molecule has 0 radical (unpaired) electrons. The number of carbonyl (C=O) groups excluding carboxylic acids is 2. The molecule has 2 aromatic carbocycles. The zero-order valence-electron chi connectivity index (χ0n) is 21.5. The van der Waals surface area contributed by atoms with Crippen LogP contribution in [0, 0.1) is 13.8 Å². The van der Waals surface area contributed by atoms with E-state index in [0.717, 1.165) is 47.4 Å². The molecule has 1 N–H and O–H groups in total. The molecule has 0 bridgehead atoms. The topological polar surface area (TPSA) is 86.8 Å². The Morgan fingerprint density at radius 3 is 2.31 bits per heavy atom. The summed E-state index contributed by atoms with van der Waals surface area (Å²) in [6, 6.07) is 12.0. The first-order chi connectivity index (χ1) is 17.0. The Morgan fingerprint density at radius 1 is 1.06 bits per heavy atom. The number of sulfonamides is 1. The molecular formula is C27H36ClN3O4S. The summed E-state index contributed by atoms with van der Waals surface area (Å²) in [6.45, 7) is 5.18. The van der Waals surface area contributed by atoms with Crippen molar-refractivity contribution >= 4 is 39.1 Å². The van der Waals surface area contributed by atoms with E-state index in [1.807, 2.05) is 31.2 Å². The normalized spacial score (nSPS) is 15.2. The smallest absolute Gasteiger partial charge is 0.244 e. The van der Waals surface area contributed by atoms with Gasteiger partial charge in [0.2, 0.25) is 21.8 Å². The molecule has 3 rings (SSSR count). The second-order valence-corrected chi connectivity index (χ2v) is 12.1. The molecule has 0 heterocycles. The summed E-state index contributed by atoms with van der Waals surface area (Å²) < 4.78 is 26.6. The second kappa shape index (κ2) is 12.1. The first-order valence-electron chi connectivity index (χ1n) is 12.3. The summed E-state index contributed by atoms with van der Waals surface area (Å²) in [4.78, 5) is 28.3. The molecule has 0 aromatic heterocycles. The van der Waals surface area contributed by atoms with Crippen LogP contribution in [0.2, 0.25) is 5.02 Å². The molecule has 2 amide bonds. The van der Waals surface area contributed by atoms with Crippen LogP contribution in [0.4, 0.5) is 5.69 Å². The molecule has 1 aliphatic carbocycles. The number of carbonyl (C=O) groups is 2. The van der Waals surface area contributed by atoms with Crippen LogP contribution in [-0.4, -0.2) is 50.0 Å². The van der Waals surface area contributed by atoms with Crippen molar-refractivity contribution in [3.8, 4) is 0 Å². The monoisotopic (exact) mass is 533 g/mol. The van der Waals surface area contributed by atoms with Gasteiger partial charge in [0.1, 0.15) is 12.6 Å². The number of benzene rings is 2. The van der Waals surface area contributed by atoms with Crippen LogP contribution in [0.15, 0.2) is 42.5 Å². The van der Waals surface area contributed by atoms with Gasteiger partial charge in [-0.05, 0) is 56.9 Å². The van der Waals surface area contributed by atoms with E-state index in [-0.39, 0.29) is 18.5 Å². The zero-order chi connectivity index (χ0) is 26.5. The van der Waals surface area contributed by atoms with Crippen molar-refractivity contribution in [3.63, 3.8) is 0 Å². The van der Waals surface area contributed by atoms with Gasteiger partial charge in [0.25, 0.3) is 0 Å². The van der Waals surface area contributed by atoms with Crippen molar-refractivity contribution in [1.29, 1.82) is 0 Å². The maximum Gasteiger partial charge on any atom is 0.244 e. The molecule has 0 saturated heterocycles. The highest BCUT2D eigenvalue weighted by atomic mass is 35.5. The number of halogens is 1. The number of aryl methyl sites for hydroxylation is 2. The third kappa shape index (κ3) is 7.46. The molecule has 7 nitrogen and oxygen atoms in total. The van der Waals surface area contributed by atoms with Gasteiger partial charge < -0.3 is 10.2 Å². The van der Waals surface area contributed by atoms with Gasteiger partial charge in [0, 0.05) is 17.6 Å². The number of anilines is 1. The Bertz CT molecular complexity index is 1180. The summed E-state index contributed by atoms with van der Waals surface area (Å²) in [5.41, 5.74) is 2.95. The van der Waals surface area contributed by atoms with Crippen LogP contribution >= 0.6 is 11.6 Å². The minimum Gasteiger partial charge on any atom is -0.352 e. The Hall–Kier alpha value is -2.58. The fourth-order valence-electron chi connectivity index (χ4n) is 4.49. The lowest BCUT2D eigenvalue weighted by Gasteiger charge is -2.33. The fraction of sp³-hybridized carbons (Fsp3) is 0.481. The van der Waals surface area contributed by atoms with Crippen molar-refractivity contribution < 1.29 is 18.0 Å². The first kappa shape index (κ1) is 28.0. The van der Waals surface area contributed by atoms with Crippen LogP contribution < -0.4 is 9.62 Å². The predicted octanol–water partition coefficient (Wildman–Crippen LogP) is 4.59. The van der Waals surface area contributed by atoms with Gasteiger partial charge in [-0.2, -0.15) is 0 Å². The lowest BCUT2D eigenvalue weighted by molar-refractivity contribution is -0.139. The molecule has 0 aliphatic heterocycles.